The molecule has 0 aliphatic carbocycles. The first kappa shape index (κ1) is 7.31. The normalized spacial score (nSPS) is 10.9. The summed E-state index contributed by atoms with van der Waals surface area (Å²) < 4.78 is 5.06. The van der Waals surface area contributed by atoms with Crippen LogP contribution in [0.5, 0.6) is 0 Å². The van der Waals surface area contributed by atoms with Gasteiger partial charge in [0.1, 0.15) is 11.5 Å². The Bertz CT molecular complexity index is 225. The predicted molar refractivity (Wildman–Crippen MR) is 35.4 cm³/mol. The summed E-state index contributed by atoms with van der Waals surface area (Å²) in [6.45, 7) is 3.46. The molecule has 0 aliphatic heterocycles. The molecule has 0 saturated heterocycles. The molecule has 0 fully saturated rings. The van der Waals surface area contributed by atoms with Gasteiger partial charge in [-0.3, -0.25) is 0 Å². The van der Waals surface area contributed by atoms with Gasteiger partial charge in [0.05, 0.1) is 0 Å². The first-order valence-electron chi connectivity index (χ1n) is 3.04. The third-order valence-electron chi connectivity index (χ3n) is 1.36. The van der Waals surface area contributed by atoms with E-state index >= 15 is 0 Å². The standard InChI is InChI=1S/C7H10O3/c1-4-3-6(7(8)9)5(2)10-4/h3,7-9H,1-2H3. The minimum atomic E-state index is -1.42. The summed E-state index contributed by atoms with van der Waals surface area (Å²) in [6, 6.07) is 1.61. The Kier molecular flexibility index (Phi) is 1.78. The largest absolute Gasteiger partial charge is 0.466 e. The smallest absolute Gasteiger partial charge is 0.181 e. The Labute approximate surface area is 58.9 Å². The lowest BCUT2D eigenvalue weighted by atomic mass is 10.2. The van der Waals surface area contributed by atoms with Gasteiger partial charge in [0.2, 0.25) is 0 Å². The Morgan fingerprint density at radius 3 is 2.20 bits per heavy atom. The second kappa shape index (κ2) is 2.44. The van der Waals surface area contributed by atoms with Gasteiger partial charge in [-0.1, -0.05) is 0 Å². The van der Waals surface area contributed by atoms with Crippen LogP contribution in [0.25, 0.3) is 0 Å². The van der Waals surface area contributed by atoms with Crippen molar-refractivity contribution in [2.75, 3.05) is 0 Å². The highest BCUT2D eigenvalue weighted by molar-refractivity contribution is 5.20. The van der Waals surface area contributed by atoms with Crippen LogP contribution in [0.2, 0.25) is 0 Å². The van der Waals surface area contributed by atoms with Crippen LogP contribution in [0.4, 0.5) is 0 Å². The molecule has 1 heterocycles. The fourth-order valence-electron chi connectivity index (χ4n) is 0.907. The minimum Gasteiger partial charge on any atom is -0.466 e. The summed E-state index contributed by atoms with van der Waals surface area (Å²) in [7, 11) is 0. The van der Waals surface area contributed by atoms with E-state index in [0.717, 1.165) is 0 Å². The number of aliphatic hydroxyl groups excluding tert-OH is 1. The second-order valence-electron chi connectivity index (χ2n) is 2.24. The number of hydrogen-bond acceptors (Lipinski definition) is 3. The van der Waals surface area contributed by atoms with E-state index in [0.29, 0.717) is 17.1 Å². The topological polar surface area (TPSA) is 53.6 Å². The van der Waals surface area contributed by atoms with Crippen LogP contribution in [-0.4, -0.2) is 10.2 Å². The maximum atomic E-state index is 8.71. The zero-order valence-corrected chi connectivity index (χ0v) is 5.96. The summed E-state index contributed by atoms with van der Waals surface area (Å²) in [4.78, 5) is 0. The molecule has 0 aliphatic rings. The summed E-state index contributed by atoms with van der Waals surface area (Å²) in [5.74, 6) is 1.26. The molecular weight excluding hydrogens is 132 g/mol. The molecule has 0 amide bonds. The Morgan fingerprint density at radius 2 is 2.00 bits per heavy atom. The molecule has 0 spiro atoms. The van der Waals surface area contributed by atoms with E-state index in [2.05, 4.69) is 0 Å². The van der Waals surface area contributed by atoms with Crippen molar-refractivity contribution in [3.63, 3.8) is 0 Å². The number of aryl methyl sites for hydroxylation is 2. The highest BCUT2D eigenvalue weighted by Gasteiger charge is 2.09. The average Bonchev–Trinajstić information content (AvgIpc) is 2.10. The van der Waals surface area contributed by atoms with Crippen LogP contribution < -0.4 is 0 Å². The molecule has 3 heteroatoms. The predicted octanol–water partition coefficient (Wildman–Crippen LogP) is 0.880. The maximum absolute atomic E-state index is 8.71. The van der Waals surface area contributed by atoms with E-state index in [4.69, 9.17) is 14.6 Å². The molecule has 0 radical (unpaired) electrons. The van der Waals surface area contributed by atoms with Gasteiger partial charge in [-0.15, -0.1) is 0 Å². The number of rotatable bonds is 1. The van der Waals surface area contributed by atoms with Gasteiger partial charge in [0.15, 0.2) is 6.29 Å². The fourth-order valence-corrected chi connectivity index (χ4v) is 0.907. The quantitative estimate of drug-likeness (QED) is 0.572. The Balaban J connectivity index is 3.03. The van der Waals surface area contributed by atoms with Gasteiger partial charge >= 0.3 is 0 Å². The van der Waals surface area contributed by atoms with Crippen molar-refractivity contribution < 1.29 is 14.6 Å². The molecule has 0 unspecified atom stereocenters. The average molecular weight is 142 g/mol. The van der Waals surface area contributed by atoms with E-state index in [-0.39, 0.29) is 0 Å². The molecule has 0 atom stereocenters. The van der Waals surface area contributed by atoms with E-state index in [9.17, 15) is 0 Å². The van der Waals surface area contributed by atoms with Gasteiger partial charge in [-0.2, -0.15) is 0 Å². The van der Waals surface area contributed by atoms with Gasteiger partial charge in [-0.05, 0) is 19.9 Å². The van der Waals surface area contributed by atoms with Crippen molar-refractivity contribution in [3.8, 4) is 0 Å². The minimum absolute atomic E-state index is 0.442. The third-order valence-corrected chi connectivity index (χ3v) is 1.36. The number of hydrogen-bond donors (Lipinski definition) is 2. The highest BCUT2D eigenvalue weighted by Crippen LogP contribution is 2.18. The van der Waals surface area contributed by atoms with Crippen molar-refractivity contribution >= 4 is 0 Å². The van der Waals surface area contributed by atoms with Gasteiger partial charge in [-0.25, -0.2) is 0 Å². The molecule has 3 nitrogen and oxygen atoms in total. The lowest BCUT2D eigenvalue weighted by Gasteiger charge is -1.97. The molecule has 1 aromatic heterocycles. The zero-order chi connectivity index (χ0) is 7.72. The summed E-state index contributed by atoms with van der Waals surface area (Å²) >= 11 is 0. The molecule has 56 valence electrons. The molecule has 10 heavy (non-hydrogen) atoms. The van der Waals surface area contributed by atoms with Crippen molar-refractivity contribution in [2.24, 2.45) is 0 Å². The SMILES string of the molecule is Cc1cc(C(O)O)c(C)o1. The summed E-state index contributed by atoms with van der Waals surface area (Å²) in [5.41, 5.74) is 0.442. The van der Waals surface area contributed by atoms with Crippen molar-refractivity contribution in [2.45, 2.75) is 20.1 Å². The zero-order valence-electron chi connectivity index (χ0n) is 5.96. The van der Waals surface area contributed by atoms with Crippen molar-refractivity contribution in [3.05, 3.63) is 23.2 Å². The van der Waals surface area contributed by atoms with Gasteiger partial charge in [0.25, 0.3) is 0 Å². The molecule has 2 N–H and O–H groups in total. The van der Waals surface area contributed by atoms with Crippen LogP contribution in [-0.2, 0) is 0 Å². The van der Waals surface area contributed by atoms with Crippen LogP contribution in [0.1, 0.15) is 23.4 Å². The first-order chi connectivity index (χ1) is 4.61. The Morgan fingerprint density at radius 1 is 1.40 bits per heavy atom. The second-order valence-corrected chi connectivity index (χ2v) is 2.24. The van der Waals surface area contributed by atoms with Crippen molar-refractivity contribution in [1.29, 1.82) is 0 Å². The molecule has 0 saturated carbocycles. The third kappa shape index (κ3) is 1.20. The fraction of sp³-hybridized carbons (Fsp3) is 0.429. The van der Waals surface area contributed by atoms with E-state index in [1.54, 1.807) is 19.9 Å². The molecule has 0 bridgehead atoms. The monoisotopic (exact) mass is 142 g/mol. The molecule has 1 rings (SSSR count). The van der Waals surface area contributed by atoms with Gasteiger partial charge in [0, 0.05) is 5.56 Å². The van der Waals surface area contributed by atoms with E-state index in [1.807, 2.05) is 0 Å². The van der Waals surface area contributed by atoms with Crippen LogP contribution in [0.3, 0.4) is 0 Å². The van der Waals surface area contributed by atoms with E-state index < -0.39 is 6.29 Å². The van der Waals surface area contributed by atoms with Crippen molar-refractivity contribution in [1.82, 2.24) is 0 Å². The first-order valence-corrected chi connectivity index (χ1v) is 3.04. The summed E-state index contributed by atoms with van der Waals surface area (Å²) in [5, 5.41) is 17.4. The highest BCUT2D eigenvalue weighted by atomic mass is 16.5. The maximum Gasteiger partial charge on any atom is 0.181 e. The summed E-state index contributed by atoms with van der Waals surface area (Å²) in [6.07, 6.45) is -1.42. The lowest BCUT2D eigenvalue weighted by molar-refractivity contribution is -0.0434. The number of furan rings is 1. The van der Waals surface area contributed by atoms with Crippen LogP contribution in [0.15, 0.2) is 10.5 Å². The molecular formula is C7H10O3. The number of aliphatic hydroxyl groups is 2. The van der Waals surface area contributed by atoms with Crippen LogP contribution >= 0.6 is 0 Å². The van der Waals surface area contributed by atoms with Crippen LogP contribution in [0, 0.1) is 13.8 Å². The molecule has 0 aromatic carbocycles. The molecule has 1 aromatic rings. The van der Waals surface area contributed by atoms with E-state index in [1.165, 1.54) is 0 Å². The van der Waals surface area contributed by atoms with Gasteiger partial charge < -0.3 is 14.6 Å². The lowest BCUT2D eigenvalue weighted by Crippen LogP contribution is -1.93. The Hall–Kier alpha value is -0.800.